The lowest BCUT2D eigenvalue weighted by atomic mass is 9.33. The molecule has 9 rings (SSSR count). The number of hydrogen-bond donors (Lipinski definition) is 0. The van der Waals surface area contributed by atoms with Crippen LogP contribution in [0.15, 0.2) is 101 Å². The molecule has 8 atom stereocenters. The number of hydrogen-bond acceptors (Lipinski definition) is 3. The van der Waals surface area contributed by atoms with Crippen LogP contribution in [0.4, 0.5) is 4.39 Å². The molecule has 2 aromatic rings. The lowest BCUT2D eigenvalue weighted by Crippen LogP contribution is -2.64. The standard InChI is InChI=1S/C58H80FNO2S/c1-42(2)51-46(44-19-13-9-14-20-44)40-58(27-15-10-16-34-60-35-37-63(61,62)38-36-60)33-32-55(6)48(52(51)58)21-22-50-54(5)28-25-47(53(3,4)49(54)26-29-56(50,55)7)45-23-30-57(41-59,31-24-45)39-43-17-11-8-12-18-43/h8-9,11-14,17-20,23,25,40,42,48-50H,10,15-16,21-22,24,26-39,41H2,1-7H3/t48-,49+,50-,54+,55-,56-,57-,58+/m1/s1. The van der Waals surface area contributed by atoms with Gasteiger partial charge >= 0.3 is 0 Å². The van der Waals surface area contributed by atoms with Gasteiger partial charge in [-0.05, 0) is 169 Å². The second-order valence-corrected chi connectivity index (χ2v) is 26.1. The number of fused-ring (bicyclic) bond motifs is 7. The second kappa shape index (κ2) is 16.8. The fourth-order valence-electron chi connectivity index (χ4n) is 16.4. The summed E-state index contributed by atoms with van der Waals surface area (Å²) >= 11 is 0. The van der Waals surface area contributed by atoms with E-state index in [4.69, 9.17) is 0 Å². The van der Waals surface area contributed by atoms with E-state index in [2.05, 4.69) is 132 Å². The van der Waals surface area contributed by atoms with E-state index in [9.17, 15) is 12.8 Å². The third-order valence-electron chi connectivity index (χ3n) is 19.9. The average Bonchev–Trinajstić information content (AvgIpc) is 3.61. The summed E-state index contributed by atoms with van der Waals surface area (Å²) in [6.07, 6.45) is 25.3. The molecule has 2 aromatic carbocycles. The van der Waals surface area contributed by atoms with Crippen molar-refractivity contribution in [3.05, 3.63) is 112 Å². The highest BCUT2D eigenvalue weighted by molar-refractivity contribution is 7.91. The van der Waals surface area contributed by atoms with E-state index in [1.165, 1.54) is 86.5 Å². The van der Waals surface area contributed by atoms with Gasteiger partial charge in [0.05, 0.1) is 18.2 Å². The summed E-state index contributed by atoms with van der Waals surface area (Å²) in [5, 5.41) is 0. The molecular weight excluding hydrogens is 794 g/mol. The molecule has 1 heterocycles. The molecule has 0 radical (unpaired) electrons. The molecule has 0 aromatic heterocycles. The van der Waals surface area contributed by atoms with Crippen molar-refractivity contribution in [2.24, 2.45) is 56.2 Å². The Morgan fingerprint density at radius 2 is 1.48 bits per heavy atom. The molecule has 3 nitrogen and oxygen atoms in total. The molecule has 0 bridgehead atoms. The molecule has 4 fully saturated rings. The molecule has 5 heteroatoms. The quantitative estimate of drug-likeness (QED) is 0.199. The molecule has 7 aliphatic rings. The maximum absolute atomic E-state index is 14.9. The van der Waals surface area contributed by atoms with Crippen molar-refractivity contribution < 1.29 is 12.8 Å². The molecule has 0 spiro atoms. The fraction of sp³-hybridized carbons (Fsp3) is 0.655. The Kier molecular flexibility index (Phi) is 12.1. The van der Waals surface area contributed by atoms with Crippen LogP contribution in [0, 0.1) is 56.2 Å². The summed E-state index contributed by atoms with van der Waals surface area (Å²) in [7, 11) is -2.84. The number of alkyl halides is 1. The lowest BCUT2D eigenvalue weighted by Gasteiger charge is -2.71. The predicted octanol–water partition coefficient (Wildman–Crippen LogP) is 14.2. The van der Waals surface area contributed by atoms with Crippen molar-refractivity contribution in [2.75, 3.05) is 37.8 Å². The minimum absolute atomic E-state index is 0.0911. The molecule has 63 heavy (non-hydrogen) atoms. The minimum Gasteiger partial charge on any atom is -0.301 e. The van der Waals surface area contributed by atoms with E-state index in [0.717, 1.165) is 38.6 Å². The van der Waals surface area contributed by atoms with Crippen LogP contribution in [0.1, 0.15) is 149 Å². The van der Waals surface area contributed by atoms with Gasteiger partial charge in [0.25, 0.3) is 0 Å². The number of rotatable bonds is 12. The summed E-state index contributed by atoms with van der Waals surface area (Å²) in [5.41, 5.74) is 11.5. The normalized spacial score (nSPS) is 37.3. The van der Waals surface area contributed by atoms with E-state index < -0.39 is 9.84 Å². The average molecular weight is 874 g/mol. The van der Waals surface area contributed by atoms with E-state index in [-0.39, 0.29) is 39.2 Å². The van der Waals surface area contributed by atoms with E-state index in [1.54, 1.807) is 11.1 Å². The van der Waals surface area contributed by atoms with Crippen molar-refractivity contribution in [3.8, 4) is 0 Å². The van der Waals surface area contributed by atoms with Crippen LogP contribution in [0.5, 0.6) is 0 Å². The van der Waals surface area contributed by atoms with Gasteiger partial charge in [-0.1, -0.05) is 146 Å². The topological polar surface area (TPSA) is 37.4 Å². The Hall–Kier alpha value is -2.76. The molecule has 0 amide bonds. The third-order valence-corrected chi connectivity index (χ3v) is 21.5. The second-order valence-electron chi connectivity index (χ2n) is 23.8. The summed E-state index contributed by atoms with van der Waals surface area (Å²) in [6, 6.07) is 21.9. The molecule has 1 saturated heterocycles. The van der Waals surface area contributed by atoms with Crippen LogP contribution in [-0.2, 0) is 16.3 Å². The van der Waals surface area contributed by atoms with E-state index >= 15 is 0 Å². The van der Waals surface area contributed by atoms with Crippen LogP contribution >= 0.6 is 0 Å². The summed E-state index contributed by atoms with van der Waals surface area (Å²) in [6.45, 7) is 20.6. The maximum Gasteiger partial charge on any atom is 0.152 e. The lowest BCUT2D eigenvalue weighted by molar-refractivity contribution is -0.197. The van der Waals surface area contributed by atoms with Gasteiger partial charge in [0.15, 0.2) is 9.84 Å². The Morgan fingerprint density at radius 3 is 2.14 bits per heavy atom. The van der Waals surface area contributed by atoms with Gasteiger partial charge < -0.3 is 4.90 Å². The van der Waals surface area contributed by atoms with Crippen LogP contribution in [-0.4, -0.2) is 51.1 Å². The van der Waals surface area contributed by atoms with Gasteiger partial charge in [0.2, 0.25) is 0 Å². The van der Waals surface area contributed by atoms with Crippen molar-refractivity contribution in [3.63, 3.8) is 0 Å². The highest BCUT2D eigenvalue weighted by Crippen LogP contribution is 2.77. The number of unbranched alkanes of at least 4 members (excludes halogenated alkanes) is 2. The number of halogens is 1. The minimum atomic E-state index is -2.84. The number of benzene rings is 2. The van der Waals surface area contributed by atoms with Gasteiger partial charge in [-0.3, -0.25) is 4.39 Å². The van der Waals surface area contributed by atoms with Crippen LogP contribution in [0.3, 0.4) is 0 Å². The molecule has 3 saturated carbocycles. The maximum atomic E-state index is 14.9. The van der Waals surface area contributed by atoms with Crippen LogP contribution < -0.4 is 0 Å². The monoisotopic (exact) mass is 874 g/mol. The summed E-state index contributed by atoms with van der Waals surface area (Å²) in [4.78, 5) is 2.38. The predicted molar refractivity (Wildman–Crippen MR) is 262 cm³/mol. The van der Waals surface area contributed by atoms with E-state index in [0.29, 0.717) is 48.3 Å². The Bertz CT molecular complexity index is 2240. The van der Waals surface area contributed by atoms with Crippen LogP contribution in [0.25, 0.3) is 5.57 Å². The highest BCUT2D eigenvalue weighted by atomic mass is 32.2. The Labute approximate surface area is 382 Å². The van der Waals surface area contributed by atoms with Crippen molar-refractivity contribution in [1.82, 2.24) is 4.90 Å². The van der Waals surface area contributed by atoms with Gasteiger partial charge in [-0.2, -0.15) is 0 Å². The molecular formula is C58H80FNO2S. The van der Waals surface area contributed by atoms with E-state index in [1.807, 2.05) is 5.57 Å². The van der Waals surface area contributed by atoms with Gasteiger partial charge in [-0.15, -0.1) is 0 Å². The zero-order valence-corrected chi connectivity index (χ0v) is 41.0. The highest BCUT2D eigenvalue weighted by Gasteiger charge is 2.69. The van der Waals surface area contributed by atoms with Crippen LogP contribution in [0.2, 0.25) is 0 Å². The van der Waals surface area contributed by atoms with Gasteiger partial charge in [0, 0.05) is 23.9 Å². The Morgan fingerprint density at radius 1 is 0.762 bits per heavy atom. The number of nitrogens with zero attached hydrogens (tertiary/aromatic N) is 1. The largest absolute Gasteiger partial charge is 0.301 e. The smallest absolute Gasteiger partial charge is 0.152 e. The fourth-order valence-corrected chi connectivity index (χ4v) is 17.6. The molecule has 1 aliphatic heterocycles. The third kappa shape index (κ3) is 7.75. The van der Waals surface area contributed by atoms with Crippen molar-refractivity contribution in [1.29, 1.82) is 0 Å². The molecule has 0 unspecified atom stereocenters. The number of allylic oxidation sites excluding steroid dienone is 8. The first kappa shape index (κ1) is 45.4. The number of sulfone groups is 1. The molecule has 6 aliphatic carbocycles. The summed E-state index contributed by atoms with van der Waals surface area (Å²) in [5.74, 6) is 3.04. The van der Waals surface area contributed by atoms with Gasteiger partial charge in [0.1, 0.15) is 0 Å². The van der Waals surface area contributed by atoms with Gasteiger partial charge in [-0.25, -0.2) is 8.42 Å². The zero-order chi connectivity index (χ0) is 44.5. The van der Waals surface area contributed by atoms with Crippen molar-refractivity contribution >= 4 is 15.4 Å². The van der Waals surface area contributed by atoms with Crippen molar-refractivity contribution in [2.45, 2.75) is 145 Å². The first-order chi connectivity index (χ1) is 30.0. The SMILES string of the molecule is CC(C)C1=C2[C@H]3CC[C@@H]4[C@@]5(C)CC=C(C6=CC[C@](CF)(Cc7ccccc7)CC6)C(C)(C)[C@@H]5CC[C@@]4(C)[C@]3(C)CC[C@@]2(CCCCCN2CCS(=O)(=O)CC2)C=C1c1ccccc1. The first-order valence-corrected chi connectivity index (χ1v) is 27.3. The summed E-state index contributed by atoms with van der Waals surface area (Å²) < 4.78 is 39.0. The zero-order valence-electron chi connectivity index (χ0n) is 40.2. The molecule has 342 valence electrons. The molecule has 0 N–H and O–H groups in total. The first-order valence-electron chi connectivity index (χ1n) is 25.5. The Balaban J connectivity index is 0.980.